The number of amides is 4. The third kappa shape index (κ3) is 3.77. The largest absolute Gasteiger partial charge is 0.416 e. The van der Waals surface area contributed by atoms with Crippen LogP contribution >= 0.6 is 0 Å². The van der Waals surface area contributed by atoms with Gasteiger partial charge >= 0.3 is 12.2 Å². The first kappa shape index (κ1) is 21.4. The van der Waals surface area contributed by atoms with Gasteiger partial charge in [-0.15, -0.1) is 0 Å². The standard InChI is InChI=1S/C23H18F3N3O3/c1-2-10-28-13-14(17-8-3-4-9-19(17)28)11-18-20(30)27-22(32)29(21(18)31)16-7-5-6-15(12-16)23(24,25)26/h3-9,11-13H,2,10H2,1H3,(H,27,30,32). The van der Waals surface area contributed by atoms with E-state index in [0.717, 1.165) is 36.0 Å². The second-order valence-corrected chi connectivity index (χ2v) is 7.30. The van der Waals surface area contributed by atoms with Gasteiger partial charge < -0.3 is 4.57 Å². The maximum atomic E-state index is 13.1. The summed E-state index contributed by atoms with van der Waals surface area (Å²) >= 11 is 0. The second-order valence-electron chi connectivity index (χ2n) is 7.30. The Morgan fingerprint density at radius 2 is 1.78 bits per heavy atom. The number of halogens is 3. The van der Waals surface area contributed by atoms with Gasteiger partial charge in [0.1, 0.15) is 5.57 Å². The highest BCUT2D eigenvalue weighted by Gasteiger charge is 2.38. The van der Waals surface area contributed by atoms with E-state index in [4.69, 9.17) is 0 Å². The maximum Gasteiger partial charge on any atom is 0.416 e. The summed E-state index contributed by atoms with van der Waals surface area (Å²) in [7, 11) is 0. The molecule has 6 nitrogen and oxygen atoms in total. The number of nitrogens with zero attached hydrogens (tertiary/aromatic N) is 2. The lowest BCUT2D eigenvalue weighted by Gasteiger charge is -2.26. The second kappa shape index (κ2) is 7.99. The molecule has 0 aliphatic carbocycles. The number of benzene rings is 2. The lowest BCUT2D eigenvalue weighted by Crippen LogP contribution is -2.54. The summed E-state index contributed by atoms with van der Waals surface area (Å²) in [5.41, 5.74) is -0.141. The van der Waals surface area contributed by atoms with Crippen molar-refractivity contribution in [2.75, 3.05) is 4.90 Å². The van der Waals surface area contributed by atoms with Crippen molar-refractivity contribution in [1.82, 2.24) is 9.88 Å². The van der Waals surface area contributed by atoms with Crippen molar-refractivity contribution in [1.29, 1.82) is 0 Å². The molecule has 1 fully saturated rings. The number of hydrogen-bond acceptors (Lipinski definition) is 3. The van der Waals surface area contributed by atoms with E-state index in [0.29, 0.717) is 16.5 Å². The first-order valence-corrected chi connectivity index (χ1v) is 9.87. The molecule has 1 aromatic heterocycles. The molecule has 0 atom stereocenters. The van der Waals surface area contributed by atoms with Crippen molar-refractivity contribution >= 4 is 40.5 Å². The average Bonchev–Trinajstić information content (AvgIpc) is 3.08. The molecule has 1 saturated heterocycles. The zero-order valence-corrected chi connectivity index (χ0v) is 16.9. The van der Waals surface area contributed by atoms with Crippen LogP contribution in [0.1, 0.15) is 24.5 Å². The summed E-state index contributed by atoms with van der Waals surface area (Å²) in [6.45, 7) is 2.74. The van der Waals surface area contributed by atoms with Crippen molar-refractivity contribution in [2.24, 2.45) is 0 Å². The number of aryl methyl sites for hydroxylation is 1. The van der Waals surface area contributed by atoms with Crippen LogP contribution in [0.25, 0.3) is 17.0 Å². The Morgan fingerprint density at radius 3 is 2.50 bits per heavy atom. The molecule has 0 saturated carbocycles. The van der Waals surface area contributed by atoms with Crippen LogP contribution < -0.4 is 10.2 Å². The van der Waals surface area contributed by atoms with Crippen molar-refractivity contribution in [2.45, 2.75) is 26.1 Å². The fraction of sp³-hybridized carbons (Fsp3) is 0.174. The first-order chi connectivity index (χ1) is 15.2. The summed E-state index contributed by atoms with van der Waals surface area (Å²) in [6, 6.07) is 10.2. The number of para-hydroxylation sites is 1. The predicted molar refractivity (Wildman–Crippen MR) is 113 cm³/mol. The molecule has 1 aliphatic rings. The molecular weight excluding hydrogens is 423 g/mol. The number of alkyl halides is 3. The smallest absolute Gasteiger partial charge is 0.347 e. The monoisotopic (exact) mass is 441 g/mol. The molecule has 1 N–H and O–H groups in total. The van der Waals surface area contributed by atoms with E-state index in [-0.39, 0.29) is 11.3 Å². The van der Waals surface area contributed by atoms with Crippen LogP contribution in [0.3, 0.4) is 0 Å². The highest BCUT2D eigenvalue weighted by Crippen LogP contribution is 2.33. The fourth-order valence-electron chi connectivity index (χ4n) is 3.68. The van der Waals surface area contributed by atoms with Crippen molar-refractivity contribution in [3.63, 3.8) is 0 Å². The number of fused-ring (bicyclic) bond motifs is 1. The lowest BCUT2D eigenvalue weighted by atomic mass is 10.1. The van der Waals surface area contributed by atoms with Gasteiger partial charge in [-0.1, -0.05) is 31.2 Å². The number of anilines is 1. The Hall–Kier alpha value is -3.88. The minimum absolute atomic E-state index is 0.283. The number of rotatable bonds is 4. The number of urea groups is 1. The van der Waals surface area contributed by atoms with Crippen molar-refractivity contribution in [3.8, 4) is 0 Å². The Morgan fingerprint density at radius 1 is 1.03 bits per heavy atom. The molecule has 164 valence electrons. The molecule has 2 aromatic carbocycles. The summed E-state index contributed by atoms with van der Waals surface area (Å²) in [5, 5.41) is 2.84. The van der Waals surface area contributed by atoms with Crippen LogP contribution in [0.15, 0.2) is 60.3 Å². The molecule has 32 heavy (non-hydrogen) atoms. The maximum absolute atomic E-state index is 13.1. The van der Waals surface area contributed by atoms with Crippen LogP contribution in [-0.2, 0) is 22.3 Å². The van der Waals surface area contributed by atoms with Gasteiger partial charge in [-0.3, -0.25) is 14.9 Å². The van der Waals surface area contributed by atoms with E-state index >= 15 is 0 Å². The highest BCUT2D eigenvalue weighted by atomic mass is 19.4. The summed E-state index contributed by atoms with van der Waals surface area (Å²) in [6.07, 6.45) is -0.626. The molecule has 3 aromatic rings. The van der Waals surface area contributed by atoms with Crippen LogP contribution in [0.2, 0.25) is 0 Å². The number of aromatic nitrogens is 1. The SMILES string of the molecule is CCCn1cc(C=C2C(=O)NC(=O)N(c3cccc(C(F)(F)F)c3)C2=O)c2ccccc21. The minimum atomic E-state index is -4.65. The highest BCUT2D eigenvalue weighted by molar-refractivity contribution is 6.39. The molecule has 0 spiro atoms. The summed E-state index contributed by atoms with van der Waals surface area (Å²) in [5.74, 6) is -1.90. The fourth-order valence-corrected chi connectivity index (χ4v) is 3.68. The molecule has 1 aliphatic heterocycles. The Bertz CT molecular complexity index is 1270. The topological polar surface area (TPSA) is 71.4 Å². The zero-order chi connectivity index (χ0) is 23.0. The van der Waals surface area contributed by atoms with E-state index in [1.165, 1.54) is 12.1 Å². The van der Waals surface area contributed by atoms with Gasteiger partial charge in [0.25, 0.3) is 11.8 Å². The van der Waals surface area contributed by atoms with Crippen LogP contribution in [-0.4, -0.2) is 22.4 Å². The number of carbonyl (C=O) groups excluding carboxylic acids is 3. The lowest BCUT2D eigenvalue weighted by molar-refractivity contribution is -0.137. The number of carbonyl (C=O) groups is 3. The van der Waals surface area contributed by atoms with Gasteiger partial charge in [0, 0.05) is 29.2 Å². The third-order valence-corrected chi connectivity index (χ3v) is 5.12. The van der Waals surface area contributed by atoms with Crippen molar-refractivity contribution < 1.29 is 27.6 Å². The molecular formula is C23H18F3N3O3. The molecule has 4 rings (SSSR count). The van der Waals surface area contributed by atoms with Gasteiger partial charge in [0.2, 0.25) is 0 Å². The minimum Gasteiger partial charge on any atom is -0.347 e. The van der Waals surface area contributed by atoms with Gasteiger partial charge in [-0.25, -0.2) is 9.69 Å². The molecule has 0 unspecified atom stereocenters. The van der Waals surface area contributed by atoms with E-state index in [9.17, 15) is 27.6 Å². The Kier molecular flexibility index (Phi) is 5.33. The Labute approximate surface area is 180 Å². The van der Waals surface area contributed by atoms with Crippen LogP contribution in [0, 0.1) is 0 Å². The van der Waals surface area contributed by atoms with Gasteiger partial charge in [-0.05, 0) is 36.8 Å². The summed E-state index contributed by atoms with van der Waals surface area (Å²) in [4.78, 5) is 38.4. The number of nitrogens with one attached hydrogen (secondary N) is 1. The first-order valence-electron chi connectivity index (χ1n) is 9.87. The van der Waals surface area contributed by atoms with Crippen LogP contribution in [0.4, 0.5) is 23.7 Å². The molecule has 9 heteroatoms. The number of hydrogen-bond donors (Lipinski definition) is 1. The van der Waals surface area contributed by atoms with E-state index < -0.39 is 29.6 Å². The van der Waals surface area contributed by atoms with Gasteiger partial charge in [-0.2, -0.15) is 13.2 Å². The van der Waals surface area contributed by atoms with Crippen molar-refractivity contribution in [3.05, 3.63) is 71.4 Å². The quantitative estimate of drug-likeness (QED) is 0.470. The molecule has 2 heterocycles. The predicted octanol–water partition coefficient (Wildman–Crippen LogP) is 4.74. The van der Waals surface area contributed by atoms with Crippen LogP contribution in [0.5, 0.6) is 0 Å². The van der Waals surface area contributed by atoms with E-state index in [1.54, 1.807) is 6.20 Å². The normalized spacial score (nSPS) is 16.2. The average molecular weight is 441 g/mol. The van der Waals surface area contributed by atoms with Gasteiger partial charge in [0.05, 0.1) is 11.3 Å². The zero-order valence-electron chi connectivity index (χ0n) is 16.9. The molecule has 0 radical (unpaired) electrons. The molecule has 4 amide bonds. The molecule has 0 bridgehead atoms. The summed E-state index contributed by atoms with van der Waals surface area (Å²) < 4.78 is 41.3. The third-order valence-electron chi connectivity index (χ3n) is 5.12. The number of imide groups is 2. The van der Waals surface area contributed by atoms with Gasteiger partial charge in [0.15, 0.2) is 0 Å². The number of barbiturate groups is 1. The van der Waals surface area contributed by atoms with E-state index in [2.05, 4.69) is 0 Å². The van der Waals surface area contributed by atoms with E-state index in [1.807, 2.05) is 41.1 Å². The Balaban J connectivity index is 1.79.